The molecule has 1 aliphatic heterocycles. The third kappa shape index (κ3) is 5.27. The lowest BCUT2D eigenvalue weighted by Gasteiger charge is -2.32. The van der Waals surface area contributed by atoms with Gasteiger partial charge in [-0.05, 0) is 30.5 Å². The summed E-state index contributed by atoms with van der Waals surface area (Å²) in [6, 6.07) is 5.64. The number of benzene rings is 1. The summed E-state index contributed by atoms with van der Waals surface area (Å²) >= 11 is 0. The number of nitrogens with one attached hydrogen (secondary N) is 2. The molecular formula is C14H20FN3O3S. The van der Waals surface area contributed by atoms with E-state index < -0.39 is 10.0 Å². The van der Waals surface area contributed by atoms with E-state index >= 15 is 0 Å². The predicted molar refractivity (Wildman–Crippen MR) is 81.2 cm³/mol. The number of carbonyl (C=O) groups is 1. The lowest BCUT2D eigenvalue weighted by atomic mass is 10.1. The number of hydrogen-bond donors (Lipinski definition) is 2. The third-order valence-corrected chi connectivity index (χ3v) is 4.28. The Labute approximate surface area is 129 Å². The fraction of sp³-hybridized carbons (Fsp3) is 0.500. The van der Waals surface area contributed by atoms with E-state index in [0.717, 1.165) is 11.8 Å². The van der Waals surface area contributed by atoms with E-state index in [4.69, 9.17) is 0 Å². The van der Waals surface area contributed by atoms with Crippen LogP contribution in [0.25, 0.3) is 0 Å². The Balaban J connectivity index is 1.76. The number of carbonyl (C=O) groups excluding carboxylic acids is 1. The van der Waals surface area contributed by atoms with Crippen LogP contribution in [0.3, 0.4) is 0 Å². The van der Waals surface area contributed by atoms with Crippen molar-refractivity contribution in [1.29, 1.82) is 0 Å². The van der Waals surface area contributed by atoms with E-state index in [2.05, 4.69) is 10.0 Å². The van der Waals surface area contributed by atoms with Crippen molar-refractivity contribution in [2.75, 3.05) is 19.3 Å². The van der Waals surface area contributed by atoms with E-state index in [0.29, 0.717) is 32.5 Å². The van der Waals surface area contributed by atoms with Crippen LogP contribution in [0.4, 0.5) is 9.18 Å². The molecule has 2 amide bonds. The maximum absolute atomic E-state index is 12.8. The van der Waals surface area contributed by atoms with Gasteiger partial charge in [0.2, 0.25) is 10.0 Å². The summed E-state index contributed by atoms with van der Waals surface area (Å²) in [6.07, 6.45) is 2.32. The lowest BCUT2D eigenvalue weighted by Crippen LogP contribution is -2.49. The van der Waals surface area contributed by atoms with Crippen LogP contribution >= 0.6 is 0 Å². The van der Waals surface area contributed by atoms with E-state index in [9.17, 15) is 17.6 Å². The summed E-state index contributed by atoms with van der Waals surface area (Å²) in [5.41, 5.74) is 0.823. The molecule has 1 aliphatic rings. The van der Waals surface area contributed by atoms with Gasteiger partial charge in [-0.3, -0.25) is 0 Å². The van der Waals surface area contributed by atoms with E-state index in [1.54, 1.807) is 17.0 Å². The van der Waals surface area contributed by atoms with Gasteiger partial charge in [0.25, 0.3) is 0 Å². The van der Waals surface area contributed by atoms with Crippen molar-refractivity contribution >= 4 is 16.1 Å². The molecule has 2 N–H and O–H groups in total. The molecule has 122 valence electrons. The first kappa shape index (κ1) is 16.7. The van der Waals surface area contributed by atoms with Crippen molar-refractivity contribution in [3.05, 3.63) is 35.6 Å². The molecule has 0 bridgehead atoms. The van der Waals surface area contributed by atoms with Crippen molar-refractivity contribution in [2.24, 2.45) is 0 Å². The SMILES string of the molecule is CS(=O)(=O)NC1CCN(C(=O)NCc2ccc(F)cc2)CC1. The van der Waals surface area contributed by atoms with Gasteiger partial charge in [-0.2, -0.15) is 0 Å². The van der Waals surface area contributed by atoms with Gasteiger partial charge in [-0.1, -0.05) is 12.1 Å². The number of hydrogen-bond acceptors (Lipinski definition) is 3. The van der Waals surface area contributed by atoms with Crippen molar-refractivity contribution < 1.29 is 17.6 Å². The molecule has 1 aromatic rings. The van der Waals surface area contributed by atoms with Gasteiger partial charge in [-0.15, -0.1) is 0 Å². The molecule has 22 heavy (non-hydrogen) atoms. The Hall–Kier alpha value is -1.67. The van der Waals surface area contributed by atoms with Gasteiger partial charge < -0.3 is 10.2 Å². The Morgan fingerprint density at radius 2 is 1.86 bits per heavy atom. The highest BCUT2D eigenvalue weighted by Gasteiger charge is 2.24. The molecule has 6 nitrogen and oxygen atoms in total. The molecule has 1 aromatic carbocycles. The van der Waals surface area contributed by atoms with Crippen molar-refractivity contribution in [3.8, 4) is 0 Å². The highest BCUT2D eigenvalue weighted by atomic mass is 32.2. The number of halogens is 1. The first-order valence-corrected chi connectivity index (χ1v) is 8.97. The molecular weight excluding hydrogens is 309 g/mol. The van der Waals surface area contributed by atoms with Crippen molar-refractivity contribution in [2.45, 2.75) is 25.4 Å². The van der Waals surface area contributed by atoms with Crippen LogP contribution in [0.1, 0.15) is 18.4 Å². The lowest BCUT2D eigenvalue weighted by molar-refractivity contribution is 0.179. The smallest absolute Gasteiger partial charge is 0.317 e. The van der Waals surface area contributed by atoms with Gasteiger partial charge >= 0.3 is 6.03 Å². The Kier molecular flexibility index (Phi) is 5.36. The van der Waals surface area contributed by atoms with Crippen LogP contribution in [0, 0.1) is 5.82 Å². The summed E-state index contributed by atoms with van der Waals surface area (Å²) in [6.45, 7) is 1.34. The maximum Gasteiger partial charge on any atom is 0.317 e. The quantitative estimate of drug-likeness (QED) is 0.867. The fourth-order valence-corrected chi connectivity index (χ4v) is 3.24. The van der Waals surface area contributed by atoms with Crippen LogP contribution in [0.15, 0.2) is 24.3 Å². The number of likely N-dealkylation sites (tertiary alicyclic amines) is 1. The summed E-state index contributed by atoms with van der Waals surface area (Å²) in [5, 5.41) is 2.78. The molecule has 0 unspecified atom stereocenters. The molecule has 0 aromatic heterocycles. The molecule has 0 atom stereocenters. The monoisotopic (exact) mass is 329 g/mol. The minimum Gasteiger partial charge on any atom is -0.334 e. The Morgan fingerprint density at radius 3 is 2.41 bits per heavy atom. The fourth-order valence-electron chi connectivity index (χ4n) is 2.39. The first-order chi connectivity index (χ1) is 10.3. The number of urea groups is 1. The third-order valence-electron chi connectivity index (χ3n) is 3.52. The summed E-state index contributed by atoms with van der Waals surface area (Å²) < 4.78 is 37.7. The number of amides is 2. The molecule has 0 spiro atoms. The minimum absolute atomic E-state index is 0.115. The molecule has 1 saturated heterocycles. The highest BCUT2D eigenvalue weighted by Crippen LogP contribution is 2.11. The zero-order chi connectivity index (χ0) is 16.2. The molecule has 2 rings (SSSR count). The Morgan fingerprint density at radius 1 is 1.27 bits per heavy atom. The van der Waals surface area contributed by atoms with E-state index in [-0.39, 0.29) is 17.9 Å². The second-order valence-electron chi connectivity index (χ2n) is 5.44. The van der Waals surface area contributed by atoms with Crippen molar-refractivity contribution in [3.63, 3.8) is 0 Å². The number of nitrogens with zero attached hydrogens (tertiary/aromatic N) is 1. The van der Waals surface area contributed by atoms with Crippen LogP contribution in [-0.4, -0.2) is 44.7 Å². The number of rotatable bonds is 4. The average Bonchev–Trinajstić information content (AvgIpc) is 2.45. The second-order valence-corrected chi connectivity index (χ2v) is 7.22. The zero-order valence-corrected chi connectivity index (χ0v) is 13.2. The second kappa shape index (κ2) is 7.06. The molecule has 0 radical (unpaired) electrons. The zero-order valence-electron chi connectivity index (χ0n) is 12.4. The topological polar surface area (TPSA) is 78.5 Å². The maximum atomic E-state index is 12.8. The largest absolute Gasteiger partial charge is 0.334 e. The minimum atomic E-state index is -3.21. The number of piperidine rings is 1. The van der Waals surface area contributed by atoms with Crippen LogP contribution in [0.5, 0.6) is 0 Å². The van der Waals surface area contributed by atoms with Crippen LogP contribution < -0.4 is 10.0 Å². The standard InChI is InChI=1S/C14H20FN3O3S/c1-22(20,21)17-13-6-8-18(9-7-13)14(19)16-10-11-2-4-12(15)5-3-11/h2-5,13,17H,6-10H2,1H3,(H,16,19). The van der Waals surface area contributed by atoms with E-state index in [1.807, 2.05) is 0 Å². The van der Waals surface area contributed by atoms with Gasteiger partial charge in [-0.25, -0.2) is 22.3 Å². The number of sulfonamides is 1. The van der Waals surface area contributed by atoms with Crippen LogP contribution in [-0.2, 0) is 16.6 Å². The van der Waals surface area contributed by atoms with Gasteiger partial charge in [0, 0.05) is 25.7 Å². The summed E-state index contributed by atoms with van der Waals surface area (Å²) in [7, 11) is -3.21. The van der Waals surface area contributed by atoms with Crippen molar-refractivity contribution in [1.82, 2.24) is 14.9 Å². The molecule has 8 heteroatoms. The summed E-state index contributed by atoms with van der Waals surface area (Å²) in [5.74, 6) is -0.310. The van der Waals surface area contributed by atoms with Gasteiger partial charge in [0.05, 0.1) is 6.26 Å². The molecule has 1 fully saturated rings. The molecule has 1 heterocycles. The van der Waals surface area contributed by atoms with Gasteiger partial charge in [0.15, 0.2) is 0 Å². The van der Waals surface area contributed by atoms with Gasteiger partial charge in [0.1, 0.15) is 5.82 Å². The average molecular weight is 329 g/mol. The van der Waals surface area contributed by atoms with Crippen LogP contribution in [0.2, 0.25) is 0 Å². The first-order valence-electron chi connectivity index (χ1n) is 7.08. The highest BCUT2D eigenvalue weighted by molar-refractivity contribution is 7.88. The normalized spacial score (nSPS) is 16.5. The molecule has 0 saturated carbocycles. The predicted octanol–water partition coefficient (Wildman–Crippen LogP) is 1.05. The molecule has 0 aliphatic carbocycles. The summed E-state index contributed by atoms with van der Waals surface area (Å²) in [4.78, 5) is 13.7. The van der Waals surface area contributed by atoms with E-state index in [1.165, 1.54) is 12.1 Å². The Bertz CT molecular complexity index is 611.